The fourth-order valence-corrected chi connectivity index (χ4v) is 3.35. The lowest BCUT2D eigenvalue weighted by atomic mass is 9.87. The molecular weight excluding hydrogens is 340 g/mol. The van der Waals surface area contributed by atoms with E-state index in [-0.39, 0.29) is 16.9 Å². The van der Waals surface area contributed by atoms with Gasteiger partial charge in [-0.25, -0.2) is 4.79 Å². The van der Waals surface area contributed by atoms with Crippen LogP contribution in [0.1, 0.15) is 42.3 Å². The number of rotatable bonds is 5. The summed E-state index contributed by atoms with van der Waals surface area (Å²) in [7, 11) is -2.56. The standard InChI is InChI=1S/C19H22O5S/c1-19(2,3)16-8-10-17(11-9-16)24-25(21,22)13-14-6-5-7-15(12-14)18(20)23-4/h5-12H,13H2,1-4H3. The highest BCUT2D eigenvalue weighted by Gasteiger charge is 2.17. The van der Waals surface area contributed by atoms with Crippen LogP contribution in [0.5, 0.6) is 5.75 Å². The average Bonchev–Trinajstić information content (AvgIpc) is 2.53. The second-order valence-electron chi connectivity index (χ2n) is 6.75. The molecule has 25 heavy (non-hydrogen) atoms. The van der Waals surface area contributed by atoms with Crippen molar-refractivity contribution in [1.29, 1.82) is 0 Å². The number of carbonyl (C=O) groups excluding carboxylic acids is 1. The number of benzene rings is 2. The monoisotopic (exact) mass is 362 g/mol. The minimum atomic E-state index is -3.84. The molecule has 0 spiro atoms. The largest absolute Gasteiger partial charge is 0.465 e. The minimum Gasteiger partial charge on any atom is -0.465 e. The van der Waals surface area contributed by atoms with E-state index < -0.39 is 16.1 Å². The number of carbonyl (C=O) groups is 1. The van der Waals surface area contributed by atoms with Crippen molar-refractivity contribution in [3.05, 3.63) is 65.2 Å². The zero-order valence-electron chi connectivity index (χ0n) is 14.8. The molecule has 134 valence electrons. The molecule has 0 unspecified atom stereocenters. The molecule has 0 heterocycles. The van der Waals surface area contributed by atoms with Crippen molar-refractivity contribution in [2.75, 3.05) is 7.11 Å². The van der Waals surface area contributed by atoms with Gasteiger partial charge in [-0.1, -0.05) is 45.0 Å². The number of esters is 1. The van der Waals surface area contributed by atoms with E-state index in [1.165, 1.54) is 13.2 Å². The highest BCUT2D eigenvalue weighted by Crippen LogP contribution is 2.25. The molecule has 0 saturated carbocycles. The highest BCUT2D eigenvalue weighted by molar-refractivity contribution is 7.86. The molecule has 0 aliphatic heterocycles. The fraction of sp³-hybridized carbons (Fsp3) is 0.316. The van der Waals surface area contributed by atoms with Gasteiger partial charge in [0, 0.05) is 0 Å². The van der Waals surface area contributed by atoms with E-state index in [2.05, 4.69) is 25.5 Å². The van der Waals surface area contributed by atoms with Gasteiger partial charge in [-0.05, 0) is 40.8 Å². The van der Waals surface area contributed by atoms with Gasteiger partial charge in [0.15, 0.2) is 0 Å². The third-order valence-electron chi connectivity index (χ3n) is 3.64. The van der Waals surface area contributed by atoms with Crippen molar-refractivity contribution in [2.24, 2.45) is 0 Å². The van der Waals surface area contributed by atoms with Gasteiger partial charge in [-0.2, -0.15) is 8.42 Å². The second-order valence-corrected chi connectivity index (χ2v) is 8.32. The van der Waals surface area contributed by atoms with Gasteiger partial charge in [0.25, 0.3) is 0 Å². The van der Waals surface area contributed by atoms with Crippen LogP contribution < -0.4 is 4.18 Å². The van der Waals surface area contributed by atoms with Gasteiger partial charge in [-0.3, -0.25) is 0 Å². The first kappa shape index (κ1) is 19.0. The summed E-state index contributed by atoms with van der Waals surface area (Å²) < 4.78 is 34.3. The maximum atomic E-state index is 12.3. The molecule has 2 rings (SSSR count). The van der Waals surface area contributed by atoms with Crippen molar-refractivity contribution in [3.63, 3.8) is 0 Å². The molecule has 0 N–H and O–H groups in total. The Morgan fingerprint density at radius 2 is 1.68 bits per heavy atom. The Hall–Kier alpha value is -2.34. The summed E-state index contributed by atoms with van der Waals surface area (Å²) in [6, 6.07) is 13.3. The molecule has 2 aromatic rings. The zero-order chi connectivity index (χ0) is 18.7. The lowest BCUT2D eigenvalue weighted by Crippen LogP contribution is -2.14. The molecule has 0 atom stereocenters. The second kappa shape index (κ2) is 7.27. The maximum absolute atomic E-state index is 12.3. The van der Waals surface area contributed by atoms with Crippen molar-refractivity contribution in [2.45, 2.75) is 31.9 Å². The van der Waals surface area contributed by atoms with Gasteiger partial charge in [0.1, 0.15) is 11.5 Å². The predicted octanol–water partition coefficient (Wildman–Crippen LogP) is 3.68. The molecule has 0 fully saturated rings. The molecule has 2 aromatic carbocycles. The normalized spacial score (nSPS) is 11.8. The molecule has 5 nitrogen and oxygen atoms in total. The molecular formula is C19H22O5S. The summed E-state index contributed by atoms with van der Waals surface area (Å²) >= 11 is 0. The topological polar surface area (TPSA) is 69.7 Å². The molecule has 6 heteroatoms. The third kappa shape index (κ3) is 5.32. The van der Waals surface area contributed by atoms with Crippen LogP contribution in [-0.2, 0) is 26.0 Å². The molecule has 0 aromatic heterocycles. The van der Waals surface area contributed by atoms with Crippen LogP contribution in [0.2, 0.25) is 0 Å². The van der Waals surface area contributed by atoms with Gasteiger partial charge < -0.3 is 8.92 Å². The van der Waals surface area contributed by atoms with Crippen LogP contribution in [0.4, 0.5) is 0 Å². The molecule has 0 bridgehead atoms. The van der Waals surface area contributed by atoms with Gasteiger partial charge in [0.05, 0.1) is 12.7 Å². The van der Waals surface area contributed by atoms with Crippen molar-refractivity contribution in [1.82, 2.24) is 0 Å². The van der Waals surface area contributed by atoms with E-state index in [0.717, 1.165) is 5.56 Å². The summed E-state index contributed by atoms with van der Waals surface area (Å²) in [5.41, 5.74) is 1.81. The van der Waals surface area contributed by atoms with Crippen LogP contribution >= 0.6 is 0 Å². The lowest BCUT2D eigenvalue weighted by molar-refractivity contribution is 0.0600. The summed E-state index contributed by atoms with van der Waals surface area (Å²) in [5.74, 6) is -0.589. The Balaban J connectivity index is 2.13. The van der Waals surface area contributed by atoms with Crippen LogP contribution in [-0.4, -0.2) is 21.5 Å². The van der Waals surface area contributed by atoms with Gasteiger partial charge in [0.2, 0.25) is 0 Å². The van der Waals surface area contributed by atoms with E-state index in [0.29, 0.717) is 11.1 Å². The van der Waals surface area contributed by atoms with E-state index in [4.69, 9.17) is 4.18 Å². The Kier molecular flexibility index (Phi) is 5.52. The van der Waals surface area contributed by atoms with E-state index in [9.17, 15) is 13.2 Å². The Morgan fingerprint density at radius 3 is 2.24 bits per heavy atom. The average molecular weight is 362 g/mol. The Labute approximate surface area is 148 Å². The van der Waals surface area contributed by atoms with Crippen molar-refractivity contribution >= 4 is 16.1 Å². The van der Waals surface area contributed by atoms with Crippen molar-refractivity contribution in [3.8, 4) is 5.75 Å². The van der Waals surface area contributed by atoms with Gasteiger partial charge >= 0.3 is 16.1 Å². The molecule has 0 aliphatic rings. The lowest BCUT2D eigenvalue weighted by Gasteiger charge is -2.19. The first-order valence-corrected chi connectivity index (χ1v) is 9.38. The van der Waals surface area contributed by atoms with Gasteiger partial charge in [-0.15, -0.1) is 0 Å². The summed E-state index contributed by atoms with van der Waals surface area (Å²) in [6.07, 6.45) is 0. The predicted molar refractivity (Wildman–Crippen MR) is 96.2 cm³/mol. The van der Waals surface area contributed by atoms with Crippen LogP contribution in [0.15, 0.2) is 48.5 Å². The molecule has 0 aliphatic carbocycles. The molecule has 0 amide bonds. The quantitative estimate of drug-likeness (QED) is 0.599. The van der Waals surface area contributed by atoms with Crippen LogP contribution in [0.25, 0.3) is 0 Å². The molecule has 0 radical (unpaired) electrons. The third-order valence-corrected chi connectivity index (χ3v) is 4.77. The summed E-state index contributed by atoms with van der Waals surface area (Å²) in [5, 5.41) is 0. The number of ether oxygens (including phenoxy) is 1. The number of hydrogen-bond acceptors (Lipinski definition) is 5. The first-order valence-electron chi connectivity index (χ1n) is 7.81. The fourth-order valence-electron chi connectivity index (χ4n) is 2.30. The van der Waals surface area contributed by atoms with E-state index in [1.54, 1.807) is 30.3 Å². The first-order chi connectivity index (χ1) is 11.6. The van der Waals surface area contributed by atoms with Crippen molar-refractivity contribution < 1.29 is 22.1 Å². The molecule has 0 saturated heterocycles. The minimum absolute atomic E-state index is 0.0221. The highest BCUT2D eigenvalue weighted by atomic mass is 32.2. The Bertz CT molecular complexity index is 846. The van der Waals surface area contributed by atoms with E-state index >= 15 is 0 Å². The SMILES string of the molecule is COC(=O)c1cccc(CS(=O)(=O)Oc2ccc(C(C)(C)C)cc2)c1. The summed E-state index contributed by atoms with van der Waals surface area (Å²) in [6.45, 7) is 6.23. The number of hydrogen-bond donors (Lipinski definition) is 0. The number of methoxy groups -OCH3 is 1. The summed E-state index contributed by atoms with van der Waals surface area (Å²) in [4.78, 5) is 11.5. The van der Waals surface area contributed by atoms with Crippen LogP contribution in [0.3, 0.4) is 0 Å². The smallest absolute Gasteiger partial charge is 0.337 e. The Morgan fingerprint density at radius 1 is 1.04 bits per heavy atom. The van der Waals surface area contributed by atoms with Crippen LogP contribution in [0, 0.1) is 0 Å². The zero-order valence-corrected chi connectivity index (χ0v) is 15.6. The maximum Gasteiger partial charge on any atom is 0.337 e. The van der Waals surface area contributed by atoms with E-state index in [1.807, 2.05) is 12.1 Å².